The molecule has 3 aromatic carbocycles. The number of hydrogen-bond donors (Lipinski definition) is 2. The monoisotopic (exact) mass is 419 g/mol. The van der Waals surface area contributed by atoms with E-state index < -0.39 is 12.2 Å². The molecule has 2 atom stereocenters. The number of aliphatic hydroxyl groups is 2. The maximum Gasteiger partial charge on any atom is 0.129 e. The van der Waals surface area contributed by atoms with Crippen LogP contribution in [0, 0.1) is 0 Å². The van der Waals surface area contributed by atoms with E-state index in [1.807, 2.05) is 36.4 Å². The van der Waals surface area contributed by atoms with Crippen LogP contribution in [-0.4, -0.2) is 47.5 Å². The largest absolute Gasteiger partial charge is 0.497 e. The van der Waals surface area contributed by atoms with Crippen LogP contribution < -0.4 is 9.47 Å². The van der Waals surface area contributed by atoms with Gasteiger partial charge in [-0.2, -0.15) is 0 Å². The fourth-order valence-electron chi connectivity index (χ4n) is 4.96. The molecule has 5 rings (SSSR count). The van der Waals surface area contributed by atoms with E-state index in [4.69, 9.17) is 9.47 Å². The second kappa shape index (κ2) is 8.15. The molecule has 0 aliphatic carbocycles. The van der Waals surface area contributed by atoms with Crippen molar-refractivity contribution in [1.82, 2.24) is 4.90 Å². The van der Waals surface area contributed by atoms with E-state index >= 15 is 0 Å². The quantitative estimate of drug-likeness (QED) is 0.663. The highest BCUT2D eigenvalue weighted by Crippen LogP contribution is 2.45. The summed E-state index contributed by atoms with van der Waals surface area (Å²) in [4.78, 5) is 2.29. The molecule has 2 heterocycles. The van der Waals surface area contributed by atoms with Crippen molar-refractivity contribution in [2.24, 2.45) is 0 Å². The molecule has 1 saturated heterocycles. The Labute approximate surface area is 182 Å². The van der Waals surface area contributed by atoms with Gasteiger partial charge in [-0.05, 0) is 47.4 Å². The average molecular weight is 420 g/mol. The molecule has 5 nitrogen and oxygen atoms in total. The molecule has 2 aliphatic heterocycles. The standard InChI is InChI=1S/C26H29NO4/c1-30-21-8-9-22-23(28)16-26(31-25(22)15-21)10-12-27(13-11-26)17-24(29)20-7-6-18-4-2-3-5-19(18)14-20/h2-9,14-15,23-24,28-29H,10-13,16-17H2,1H3. The number of fused-ring (bicyclic) bond motifs is 2. The van der Waals surface area contributed by atoms with Gasteiger partial charge < -0.3 is 24.6 Å². The van der Waals surface area contributed by atoms with Crippen molar-refractivity contribution in [1.29, 1.82) is 0 Å². The Hall–Kier alpha value is -2.60. The van der Waals surface area contributed by atoms with E-state index in [2.05, 4.69) is 29.2 Å². The lowest BCUT2D eigenvalue weighted by molar-refractivity contribution is -0.0588. The Morgan fingerprint density at radius 1 is 1.06 bits per heavy atom. The van der Waals surface area contributed by atoms with Gasteiger partial charge >= 0.3 is 0 Å². The predicted octanol–water partition coefficient (Wildman–Crippen LogP) is 4.23. The lowest BCUT2D eigenvalue weighted by Gasteiger charge is -2.46. The molecule has 2 unspecified atom stereocenters. The predicted molar refractivity (Wildman–Crippen MR) is 121 cm³/mol. The average Bonchev–Trinajstić information content (AvgIpc) is 2.80. The summed E-state index contributed by atoms with van der Waals surface area (Å²) >= 11 is 0. The minimum Gasteiger partial charge on any atom is -0.497 e. The van der Waals surface area contributed by atoms with Crippen LogP contribution in [0.25, 0.3) is 10.8 Å². The molecule has 3 aromatic rings. The van der Waals surface area contributed by atoms with Crippen molar-refractivity contribution in [3.63, 3.8) is 0 Å². The summed E-state index contributed by atoms with van der Waals surface area (Å²) < 4.78 is 11.8. The SMILES string of the molecule is COc1ccc2c(c1)OC1(CCN(CC(O)c3ccc4ccccc4c3)CC1)CC2O. The number of methoxy groups -OCH3 is 1. The van der Waals surface area contributed by atoms with Gasteiger partial charge in [0, 0.05) is 37.7 Å². The second-order valence-electron chi connectivity index (χ2n) is 8.83. The summed E-state index contributed by atoms with van der Waals surface area (Å²) in [7, 11) is 1.64. The molecule has 1 spiro atoms. The first kappa shape index (κ1) is 20.3. The summed E-state index contributed by atoms with van der Waals surface area (Å²) in [6.07, 6.45) is 1.20. The van der Waals surface area contributed by atoms with E-state index in [1.165, 1.54) is 5.39 Å². The molecule has 1 fully saturated rings. The molecule has 162 valence electrons. The van der Waals surface area contributed by atoms with Gasteiger partial charge in [-0.3, -0.25) is 0 Å². The number of rotatable bonds is 4. The van der Waals surface area contributed by atoms with Gasteiger partial charge in [0.1, 0.15) is 17.1 Å². The van der Waals surface area contributed by atoms with E-state index in [-0.39, 0.29) is 5.60 Å². The molecule has 2 N–H and O–H groups in total. The van der Waals surface area contributed by atoms with Crippen LogP contribution in [0.15, 0.2) is 60.7 Å². The van der Waals surface area contributed by atoms with Crippen molar-refractivity contribution in [2.75, 3.05) is 26.7 Å². The highest BCUT2D eigenvalue weighted by molar-refractivity contribution is 5.83. The van der Waals surface area contributed by atoms with Crippen LogP contribution in [0.1, 0.15) is 42.6 Å². The van der Waals surface area contributed by atoms with E-state index in [9.17, 15) is 10.2 Å². The zero-order valence-electron chi connectivity index (χ0n) is 17.8. The van der Waals surface area contributed by atoms with Gasteiger partial charge in [0.2, 0.25) is 0 Å². The summed E-state index contributed by atoms with van der Waals surface area (Å²) in [5.41, 5.74) is 1.42. The van der Waals surface area contributed by atoms with Crippen molar-refractivity contribution >= 4 is 10.8 Å². The number of β-amino-alcohol motifs (C(OH)–C–C–N with tert-alkyl or cyclic N) is 1. The van der Waals surface area contributed by atoms with Gasteiger partial charge in [0.05, 0.1) is 19.3 Å². The van der Waals surface area contributed by atoms with Gasteiger partial charge in [0.15, 0.2) is 0 Å². The molecule has 0 amide bonds. The highest BCUT2D eigenvalue weighted by atomic mass is 16.5. The third-order valence-corrected chi connectivity index (χ3v) is 6.83. The Morgan fingerprint density at radius 3 is 2.61 bits per heavy atom. The number of aliphatic hydroxyl groups excluding tert-OH is 2. The van der Waals surface area contributed by atoms with E-state index in [1.54, 1.807) is 7.11 Å². The number of hydrogen-bond acceptors (Lipinski definition) is 5. The molecule has 31 heavy (non-hydrogen) atoms. The minimum atomic E-state index is -0.526. The molecule has 0 radical (unpaired) electrons. The summed E-state index contributed by atoms with van der Waals surface area (Å²) in [6, 6.07) is 20.0. The smallest absolute Gasteiger partial charge is 0.129 e. The topological polar surface area (TPSA) is 62.2 Å². The first-order valence-electron chi connectivity index (χ1n) is 11.0. The number of piperidine rings is 1. The zero-order valence-corrected chi connectivity index (χ0v) is 17.8. The molecular formula is C26H29NO4. The Balaban J connectivity index is 1.24. The maximum atomic E-state index is 10.8. The van der Waals surface area contributed by atoms with Crippen molar-refractivity contribution in [2.45, 2.75) is 37.1 Å². The summed E-state index contributed by atoms with van der Waals surface area (Å²) in [5, 5.41) is 23.9. The van der Waals surface area contributed by atoms with Gasteiger partial charge in [-0.25, -0.2) is 0 Å². The summed E-state index contributed by atoms with van der Waals surface area (Å²) in [5.74, 6) is 1.46. The number of benzene rings is 3. The van der Waals surface area contributed by atoms with Crippen molar-refractivity contribution < 1.29 is 19.7 Å². The lowest BCUT2D eigenvalue weighted by atomic mass is 9.81. The van der Waals surface area contributed by atoms with Crippen LogP contribution in [0.3, 0.4) is 0 Å². The van der Waals surface area contributed by atoms with E-state index in [0.29, 0.717) is 13.0 Å². The first-order chi connectivity index (χ1) is 15.0. The van der Waals surface area contributed by atoms with Crippen LogP contribution >= 0.6 is 0 Å². The van der Waals surface area contributed by atoms with Gasteiger partial charge in [-0.1, -0.05) is 36.4 Å². The maximum absolute atomic E-state index is 10.8. The fraction of sp³-hybridized carbons (Fsp3) is 0.385. The molecule has 0 aromatic heterocycles. The Bertz CT molecular complexity index is 1070. The highest BCUT2D eigenvalue weighted by Gasteiger charge is 2.43. The number of nitrogens with zero attached hydrogens (tertiary/aromatic N) is 1. The van der Waals surface area contributed by atoms with Gasteiger partial charge in [-0.15, -0.1) is 0 Å². The molecule has 0 bridgehead atoms. The van der Waals surface area contributed by atoms with Gasteiger partial charge in [0.25, 0.3) is 0 Å². The van der Waals surface area contributed by atoms with Crippen molar-refractivity contribution in [3.05, 3.63) is 71.8 Å². The normalized spacial score (nSPS) is 21.5. The van der Waals surface area contributed by atoms with Crippen LogP contribution in [-0.2, 0) is 0 Å². The van der Waals surface area contributed by atoms with Crippen LogP contribution in [0.4, 0.5) is 0 Å². The molecule has 0 saturated carbocycles. The third kappa shape index (κ3) is 4.01. The Morgan fingerprint density at radius 2 is 1.84 bits per heavy atom. The zero-order chi connectivity index (χ0) is 21.4. The van der Waals surface area contributed by atoms with Crippen molar-refractivity contribution in [3.8, 4) is 11.5 Å². The lowest BCUT2D eigenvalue weighted by Crippen LogP contribution is -2.51. The Kier molecular flexibility index (Phi) is 5.34. The fourth-order valence-corrected chi connectivity index (χ4v) is 4.96. The minimum absolute atomic E-state index is 0.358. The summed E-state index contributed by atoms with van der Waals surface area (Å²) in [6.45, 7) is 2.26. The van der Waals surface area contributed by atoms with Crippen LogP contribution in [0.2, 0.25) is 0 Å². The third-order valence-electron chi connectivity index (χ3n) is 6.83. The first-order valence-corrected chi connectivity index (χ1v) is 11.0. The van der Waals surface area contributed by atoms with Crippen LogP contribution in [0.5, 0.6) is 11.5 Å². The molecular weight excluding hydrogens is 390 g/mol. The second-order valence-corrected chi connectivity index (χ2v) is 8.83. The van der Waals surface area contributed by atoms with E-state index in [0.717, 1.165) is 53.9 Å². The number of likely N-dealkylation sites (tertiary alicyclic amines) is 1. The number of ether oxygens (including phenoxy) is 2. The molecule has 5 heteroatoms. The molecule has 2 aliphatic rings.